The number of hydrogen-bond donors (Lipinski definition) is 3. The van der Waals surface area contributed by atoms with Gasteiger partial charge >= 0.3 is 6.03 Å². The summed E-state index contributed by atoms with van der Waals surface area (Å²) >= 11 is 5.98. The van der Waals surface area contributed by atoms with Gasteiger partial charge in [0.15, 0.2) is 0 Å². The van der Waals surface area contributed by atoms with Crippen molar-refractivity contribution in [2.75, 3.05) is 29.6 Å². The lowest BCUT2D eigenvalue weighted by Crippen LogP contribution is -2.53. The van der Waals surface area contributed by atoms with Gasteiger partial charge in [-0.1, -0.05) is 17.7 Å². The standard InChI is InChI=1S/C28H31ClN6O5/c1-16-22(14-34(2)33-16)32-26(36)13-20-8-9-23-25(40-20)15-39-24-10-7-19(12-21(24)27(37)35(23)3)31-28(38)30-18-6-4-5-17(29)11-18/h4-7,10-12,14,20,23,25H,8-9,13,15H2,1-3H3,(H,32,36)(H2,30,31,38)/t20-,23+,25-/m1/s1. The van der Waals surface area contributed by atoms with E-state index in [0.29, 0.717) is 46.2 Å². The smallest absolute Gasteiger partial charge is 0.323 e. The van der Waals surface area contributed by atoms with E-state index >= 15 is 0 Å². The zero-order valence-corrected chi connectivity index (χ0v) is 23.2. The van der Waals surface area contributed by atoms with Crippen LogP contribution in [-0.4, -0.2) is 64.4 Å². The fraction of sp³-hybridized carbons (Fsp3) is 0.357. The van der Waals surface area contributed by atoms with Gasteiger partial charge in [0.05, 0.1) is 35.5 Å². The Labute approximate surface area is 236 Å². The number of anilines is 3. The molecule has 3 N–H and O–H groups in total. The van der Waals surface area contributed by atoms with Gasteiger partial charge in [-0.15, -0.1) is 0 Å². The fourth-order valence-electron chi connectivity index (χ4n) is 5.10. The quantitative estimate of drug-likeness (QED) is 0.419. The van der Waals surface area contributed by atoms with Crippen molar-refractivity contribution in [2.24, 2.45) is 7.05 Å². The number of fused-ring (bicyclic) bond motifs is 2. The lowest BCUT2D eigenvalue weighted by molar-refractivity contribution is -0.130. The van der Waals surface area contributed by atoms with Crippen LogP contribution in [0.25, 0.3) is 0 Å². The van der Waals surface area contributed by atoms with E-state index in [4.69, 9.17) is 21.1 Å². The molecule has 0 unspecified atom stereocenters. The molecule has 0 bridgehead atoms. The van der Waals surface area contributed by atoms with Crippen LogP contribution in [0.4, 0.5) is 21.9 Å². The lowest BCUT2D eigenvalue weighted by atomic mass is 9.94. The van der Waals surface area contributed by atoms with Crippen molar-refractivity contribution in [3.8, 4) is 5.75 Å². The molecule has 0 aliphatic carbocycles. The summed E-state index contributed by atoms with van der Waals surface area (Å²) in [5.41, 5.74) is 2.74. The molecule has 0 spiro atoms. The van der Waals surface area contributed by atoms with Gasteiger partial charge in [0.25, 0.3) is 5.91 Å². The van der Waals surface area contributed by atoms with Crippen LogP contribution in [0.5, 0.6) is 5.75 Å². The molecule has 2 aromatic carbocycles. The Morgan fingerprint density at radius 2 is 1.85 bits per heavy atom. The second kappa shape index (κ2) is 11.6. The minimum Gasteiger partial charge on any atom is -0.490 e. The fourth-order valence-corrected chi connectivity index (χ4v) is 5.29. The summed E-state index contributed by atoms with van der Waals surface area (Å²) in [6.45, 7) is 2.06. The highest BCUT2D eigenvalue weighted by atomic mass is 35.5. The van der Waals surface area contributed by atoms with Gasteiger partial charge in [-0.2, -0.15) is 5.10 Å². The Balaban J connectivity index is 1.23. The first-order valence-corrected chi connectivity index (χ1v) is 13.4. The number of nitrogens with one attached hydrogen (secondary N) is 3. The third-order valence-corrected chi connectivity index (χ3v) is 7.29. The van der Waals surface area contributed by atoms with E-state index in [9.17, 15) is 14.4 Å². The molecule has 1 saturated heterocycles. The summed E-state index contributed by atoms with van der Waals surface area (Å²) in [5, 5.41) is 13.1. The van der Waals surface area contributed by atoms with Crippen molar-refractivity contribution < 1.29 is 23.9 Å². The largest absolute Gasteiger partial charge is 0.490 e. The summed E-state index contributed by atoms with van der Waals surface area (Å²) in [4.78, 5) is 40.3. The molecule has 2 aliphatic heterocycles. The van der Waals surface area contributed by atoms with Crippen LogP contribution in [-0.2, 0) is 16.6 Å². The number of likely N-dealkylation sites (N-methyl/N-ethyl adjacent to an activating group) is 1. The third kappa shape index (κ3) is 6.21. The van der Waals surface area contributed by atoms with E-state index in [1.165, 1.54) is 0 Å². The summed E-state index contributed by atoms with van der Waals surface area (Å²) in [7, 11) is 3.54. The first kappa shape index (κ1) is 27.5. The second-order valence-corrected chi connectivity index (χ2v) is 10.5. The molecule has 3 atom stereocenters. The predicted molar refractivity (Wildman–Crippen MR) is 151 cm³/mol. The zero-order valence-electron chi connectivity index (χ0n) is 22.4. The van der Waals surface area contributed by atoms with E-state index < -0.39 is 12.1 Å². The monoisotopic (exact) mass is 566 g/mol. The normalized spacial score (nSPS) is 20.4. The third-order valence-electron chi connectivity index (χ3n) is 7.05. The SMILES string of the molecule is Cc1nn(C)cc1NC(=O)C[C@H]1CC[C@H]2[C@@H](COc3ccc(NC(=O)Nc4cccc(Cl)c4)cc3C(=O)N2C)O1. The first-order valence-electron chi connectivity index (χ1n) is 13.0. The van der Waals surface area contributed by atoms with E-state index in [-0.39, 0.29) is 37.0 Å². The predicted octanol–water partition coefficient (Wildman–Crippen LogP) is 4.44. The minimum absolute atomic E-state index is 0.152. The summed E-state index contributed by atoms with van der Waals surface area (Å²) in [6.07, 6.45) is 2.55. The van der Waals surface area contributed by atoms with Crippen LogP contribution in [0.2, 0.25) is 5.02 Å². The summed E-state index contributed by atoms with van der Waals surface area (Å²) < 4.78 is 13.9. The molecule has 11 nitrogen and oxygen atoms in total. The van der Waals surface area contributed by atoms with E-state index in [0.717, 1.165) is 5.69 Å². The Kier molecular flexibility index (Phi) is 7.95. The second-order valence-electron chi connectivity index (χ2n) is 10.0. The maximum Gasteiger partial charge on any atom is 0.323 e. The average Bonchev–Trinajstić information content (AvgIpc) is 3.22. The van der Waals surface area contributed by atoms with Gasteiger partial charge in [0.1, 0.15) is 18.5 Å². The number of carbonyl (C=O) groups is 3. The van der Waals surface area contributed by atoms with Crippen molar-refractivity contribution in [1.82, 2.24) is 14.7 Å². The Bertz CT molecular complexity index is 1440. The van der Waals surface area contributed by atoms with Crippen LogP contribution < -0.4 is 20.7 Å². The molecule has 12 heteroatoms. The van der Waals surface area contributed by atoms with Gasteiger partial charge in [-0.25, -0.2) is 4.79 Å². The van der Waals surface area contributed by atoms with Gasteiger partial charge in [-0.05, 0) is 56.2 Å². The molecule has 40 heavy (non-hydrogen) atoms. The van der Waals surface area contributed by atoms with Crippen LogP contribution in [0, 0.1) is 6.92 Å². The van der Waals surface area contributed by atoms with Crippen molar-refractivity contribution >= 4 is 46.5 Å². The Morgan fingerprint density at radius 3 is 2.58 bits per heavy atom. The Hall–Kier alpha value is -4.09. The highest BCUT2D eigenvalue weighted by Gasteiger charge is 2.39. The van der Waals surface area contributed by atoms with Gasteiger partial charge in [-0.3, -0.25) is 14.3 Å². The highest BCUT2D eigenvalue weighted by Crippen LogP contribution is 2.33. The van der Waals surface area contributed by atoms with Crippen LogP contribution in [0.15, 0.2) is 48.7 Å². The number of rotatable bonds is 5. The molecule has 3 heterocycles. The Morgan fingerprint density at radius 1 is 1.07 bits per heavy atom. The molecule has 1 aromatic heterocycles. The van der Waals surface area contributed by atoms with Crippen LogP contribution in [0.1, 0.15) is 35.3 Å². The molecule has 0 saturated carbocycles. The molecular weight excluding hydrogens is 536 g/mol. The maximum atomic E-state index is 13.5. The number of halogens is 1. The van der Waals surface area contributed by atoms with Crippen molar-refractivity contribution in [3.05, 3.63) is 64.9 Å². The molecule has 3 aromatic rings. The number of ether oxygens (including phenoxy) is 2. The topological polar surface area (TPSA) is 127 Å². The van der Waals surface area contributed by atoms with Crippen molar-refractivity contribution in [2.45, 2.75) is 44.4 Å². The van der Waals surface area contributed by atoms with Gasteiger partial charge in [0.2, 0.25) is 5.91 Å². The molecule has 0 radical (unpaired) electrons. The number of aromatic nitrogens is 2. The number of amides is 4. The minimum atomic E-state index is -0.468. The number of benzene rings is 2. The van der Waals surface area contributed by atoms with Crippen molar-refractivity contribution in [1.29, 1.82) is 0 Å². The molecule has 1 fully saturated rings. The maximum absolute atomic E-state index is 13.5. The zero-order chi connectivity index (χ0) is 28.4. The number of carbonyl (C=O) groups excluding carboxylic acids is 3. The summed E-state index contributed by atoms with van der Waals surface area (Å²) in [6, 6.07) is 11.0. The molecule has 2 aliphatic rings. The summed E-state index contributed by atoms with van der Waals surface area (Å²) in [5.74, 6) is 0.00239. The van der Waals surface area contributed by atoms with E-state index in [2.05, 4.69) is 21.0 Å². The van der Waals surface area contributed by atoms with Gasteiger partial charge in [0, 0.05) is 36.7 Å². The number of hydrogen-bond acceptors (Lipinski definition) is 6. The highest BCUT2D eigenvalue weighted by molar-refractivity contribution is 6.30. The lowest BCUT2D eigenvalue weighted by Gasteiger charge is -2.42. The van der Waals surface area contributed by atoms with E-state index in [1.807, 2.05) is 6.92 Å². The van der Waals surface area contributed by atoms with Crippen LogP contribution >= 0.6 is 11.6 Å². The van der Waals surface area contributed by atoms with E-state index in [1.54, 1.807) is 72.3 Å². The number of urea groups is 1. The number of aryl methyl sites for hydroxylation is 2. The van der Waals surface area contributed by atoms with Crippen molar-refractivity contribution in [3.63, 3.8) is 0 Å². The molecule has 5 rings (SSSR count). The molecule has 4 amide bonds. The molecule has 210 valence electrons. The first-order chi connectivity index (χ1) is 19.2. The van der Waals surface area contributed by atoms with Crippen LogP contribution in [0.3, 0.4) is 0 Å². The average molecular weight is 567 g/mol. The molecular formula is C28H31ClN6O5. The van der Waals surface area contributed by atoms with Gasteiger partial charge < -0.3 is 30.3 Å². The number of nitrogens with zero attached hydrogens (tertiary/aromatic N) is 3.